The molecule has 2 rings (SSSR count). The van der Waals surface area contributed by atoms with Crippen molar-refractivity contribution in [2.45, 2.75) is 51.4 Å². The van der Waals surface area contributed by atoms with Crippen LogP contribution in [0.2, 0.25) is 0 Å². The molecule has 2 aromatic carbocycles. The topological polar surface area (TPSA) is 181 Å². The maximum absolute atomic E-state index is 13.2. The van der Waals surface area contributed by atoms with Gasteiger partial charge in [-0.25, -0.2) is 5.84 Å². The molecule has 38 heavy (non-hydrogen) atoms. The van der Waals surface area contributed by atoms with Gasteiger partial charge in [0.2, 0.25) is 11.8 Å². The zero-order chi connectivity index (χ0) is 28.1. The number of nitrogens with two attached hydrogens (primary N) is 1. The van der Waals surface area contributed by atoms with Crippen LogP contribution >= 0.6 is 0 Å². The fraction of sp³-hybridized carbons (Fsp3) is 0.385. The molecule has 0 unspecified atom stereocenters. The van der Waals surface area contributed by atoms with Crippen LogP contribution < -0.4 is 26.2 Å². The third-order valence-electron chi connectivity index (χ3n) is 5.76. The standard InChI is InChI=1S/C26H34N4O8/c1-37-17-11-13-19(21(31)15-17)25(35)29-30(26(36)20-14-12-18(38-2)16-22(20)32)24(34)10-8-6-4-3-5-7-9-23(33)28-27/h11-16,31-32H,3-10,27H2,1-2H3,(H,28,33)(H,29,35). The first-order valence-corrected chi connectivity index (χ1v) is 12.1. The third-order valence-corrected chi connectivity index (χ3v) is 5.76. The van der Waals surface area contributed by atoms with Crippen LogP contribution in [0.3, 0.4) is 0 Å². The average Bonchev–Trinajstić information content (AvgIpc) is 2.91. The van der Waals surface area contributed by atoms with Gasteiger partial charge in [0.15, 0.2) is 0 Å². The minimum absolute atomic E-state index is 0.0485. The summed E-state index contributed by atoms with van der Waals surface area (Å²) in [5.74, 6) is 2.07. The predicted octanol–water partition coefficient (Wildman–Crippen LogP) is 2.54. The van der Waals surface area contributed by atoms with E-state index in [1.807, 2.05) is 0 Å². The number of nitrogens with zero attached hydrogens (tertiary/aromatic N) is 1. The highest BCUT2D eigenvalue weighted by Crippen LogP contribution is 2.26. The first-order chi connectivity index (χ1) is 18.2. The molecule has 6 N–H and O–H groups in total. The van der Waals surface area contributed by atoms with Crippen LogP contribution in [-0.2, 0) is 9.59 Å². The van der Waals surface area contributed by atoms with Gasteiger partial charge in [-0.3, -0.25) is 30.0 Å². The van der Waals surface area contributed by atoms with E-state index < -0.39 is 29.2 Å². The van der Waals surface area contributed by atoms with Crippen molar-refractivity contribution in [2.24, 2.45) is 5.84 Å². The summed E-state index contributed by atoms with van der Waals surface area (Å²) in [6.07, 6.45) is 4.67. The number of nitrogens with one attached hydrogen (secondary N) is 2. The summed E-state index contributed by atoms with van der Waals surface area (Å²) < 4.78 is 10.0. The van der Waals surface area contributed by atoms with E-state index in [0.29, 0.717) is 42.2 Å². The number of unbranched alkanes of at least 4 members (excludes halogenated alkanes) is 5. The highest BCUT2D eigenvalue weighted by molar-refractivity contribution is 6.09. The maximum Gasteiger partial charge on any atom is 0.283 e. The summed E-state index contributed by atoms with van der Waals surface area (Å²) in [6.45, 7) is 0. The number of imide groups is 1. The highest BCUT2D eigenvalue weighted by Gasteiger charge is 2.28. The molecule has 0 aliphatic heterocycles. The minimum Gasteiger partial charge on any atom is -0.507 e. The van der Waals surface area contributed by atoms with Gasteiger partial charge in [-0.2, -0.15) is 5.01 Å². The summed E-state index contributed by atoms with van der Waals surface area (Å²) in [7, 11) is 2.79. The van der Waals surface area contributed by atoms with Crippen molar-refractivity contribution in [3.05, 3.63) is 47.5 Å². The molecule has 0 spiro atoms. The molecule has 0 fully saturated rings. The van der Waals surface area contributed by atoms with Crippen molar-refractivity contribution in [1.82, 2.24) is 15.9 Å². The molecule has 2 aromatic rings. The Morgan fingerprint density at radius 1 is 0.789 bits per heavy atom. The fourth-order valence-corrected chi connectivity index (χ4v) is 3.61. The number of carbonyl (C=O) groups is 4. The van der Waals surface area contributed by atoms with Gasteiger partial charge in [0, 0.05) is 25.0 Å². The number of benzene rings is 2. The number of aromatic hydroxyl groups is 2. The number of carbonyl (C=O) groups excluding carboxylic acids is 4. The number of hydrazine groups is 2. The van der Waals surface area contributed by atoms with Crippen molar-refractivity contribution in [3.8, 4) is 23.0 Å². The molecule has 0 heterocycles. The van der Waals surface area contributed by atoms with Crippen molar-refractivity contribution < 1.29 is 38.9 Å². The first-order valence-electron chi connectivity index (χ1n) is 12.1. The van der Waals surface area contributed by atoms with Crippen LogP contribution in [0, 0.1) is 0 Å². The van der Waals surface area contributed by atoms with Crippen LogP contribution in [0.4, 0.5) is 0 Å². The van der Waals surface area contributed by atoms with Crippen LogP contribution in [0.5, 0.6) is 23.0 Å². The van der Waals surface area contributed by atoms with Crippen molar-refractivity contribution in [3.63, 3.8) is 0 Å². The van der Waals surface area contributed by atoms with Gasteiger partial charge in [-0.15, -0.1) is 0 Å². The van der Waals surface area contributed by atoms with E-state index in [1.165, 1.54) is 50.6 Å². The van der Waals surface area contributed by atoms with E-state index in [1.54, 1.807) is 0 Å². The second-order valence-electron chi connectivity index (χ2n) is 8.43. The van der Waals surface area contributed by atoms with Gasteiger partial charge in [-0.1, -0.05) is 25.7 Å². The van der Waals surface area contributed by atoms with Crippen LogP contribution in [-0.4, -0.2) is 53.1 Å². The molecule has 0 atom stereocenters. The molecule has 0 aliphatic rings. The summed E-state index contributed by atoms with van der Waals surface area (Å²) in [4.78, 5) is 50.2. The Bertz CT molecular complexity index is 1140. The molecule has 0 radical (unpaired) electrons. The lowest BCUT2D eigenvalue weighted by Crippen LogP contribution is -2.49. The predicted molar refractivity (Wildman–Crippen MR) is 137 cm³/mol. The number of phenolic OH excluding ortho intramolecular Hbond substituents is 2. The largest absolute Gasteiger partial charge is 0.507 e. The molecule has 12 heteroatoms. The van der Waals surface area contributed by atoms with E-state index in [9.17, 15) is 29.4 Å². The second-order valence-corrected chi connectivity index (χ2v) is 8.43. The third kappa shape index (κ3) is 8.66. The Labute approximate surface area is 220 Å². The number of phenols is 2. The van der Waals surface area contributed by atoms with Crippen LogP contribution in [0.1, 0.15) is 72.1 Å². The van der Waals surface area contributed by atoms with Crippen LogP contribution in [0.15, 0.2) is 36.4 Å². The van der Waals surface area contributed by atoms with E-state index in [0.717, 1.165) is 19.3 Å². The fourth-order valence-electron chi connectivity index (χ4n) is 3.61. The van der Waals surface area contributed by atoms with Gasteiger partial charge in [0.05, 0.1) is 25.3 Å². The Hall–Kier alpha value is -4.32. The Kier molecular flexibility index (Phi) is 11.8. The Balaban J connectivity index is 2.08. The second kappa shape index (κ2) is 15.1. The number of hydrogen-bond acceptors (Lipinski definition) is 9. The number of ether oxygens (including phenoxy) is 2. The van der Waals surface area contributed by atoms with Gasteiger partial charge in [0.25, 0.3) is 11.8 Å². The number of methoxy groups -OCH3 is 2. The van der Waals surface area contributed by atoms with Gasteiger partial charge >= 0.3 is 0 Å². The number of amides is 4. The molecule has 0 aliphatic carbocycles. The van der Waals surface area contributed by atoms with Crippen molar-refractivity contribution >= 4 is 23.6 Å². The van der Waals surface area contributed by atoms with E-state index >= 15 is 0 Å². The smallest absolute Gasteiger partial charge is 0.283 e. The van der Waals surface area contributed by atoms with Crippen molar-refractivity contribution in [1.29, 1.82) is 0 Å². The van der Waals surface area contributed by atoms with E-state index in [-0.39, 0.29) is 23.5 Å². The summed E-state index contributed by atoms with van der Waals surface area (Å²) in [6, 6.07) is 7.88. The monoisotopic (exact) mass is 530 g/mol. The normalized spacial score (nSPS) is 10.4. The molecule has 206 valence electrons. The maximum atomic E-state index is 13.2. The molecule has 0 saturated heterocycles. The Morgan fingerprint density at radius 2 is 1.29 bits per heavy atom. The summed E-state index contributed by atoms with van der Waals surface area (Å²) in [5.41, 5.74) is 3.93. The number of hydrogen-bond donors (Lipinski definition) is 5. The summed E-state index contributed by atoms with van der Waals surface area (Å²) in [5, 5.41) is 21.0. The molecular weight excluding hydrogens is 496 g/mol. The lowest BCUT2D eigenvalue weighted by Gasteiger charge is -2.22. The molecular formula is C26H34N4O8. The average molecular weight is 531 g/mol. The van der Waals surface area contributed by atoms with Gasteiger partial charge in [-0.05, 0) is 37.1 Å². The zero-order valence-electron chi connectivity index (χ0n) is 21.5. The van der Waals surface area contributed by atoms with Crippen LogP contribution in [0.25, 0.3) is 0 Å². The zero-order valence-corrected chi connectivity index (χ0v) is 21.5. The summed E-state index contributed by atoms with van der Waals surface area (Å²) >= 11 is 0. The SMILES string of the molecule is COc1ccc(C(=O)NN(C(=O)CCCCCCCCC(=O)NN)C(=O)c2ccc(OC)cc2O)c(O)c1. The first kappa shape index (κ1) is 29.9. The van der Waals surface area contributed by atoms with Gasteiger partial charge in [0.1, 0.15) is 23.0 Å². The quantitative estimate of drug-likeness (QED) is 0.112. The lowest BCUT2D eigenvalue weighted by molar-refractivity contribution is -0.130. The van der Waals surface area contributed by atoms with E-state index in [2.05, 4.69) is 10.9 Å². The minimum atomic E-state index is -0.949. The van der Waals surface area contributed by atoms with Gasteiger partial charge < -0.3 is 19.7 Å². The lowest BCUT2D eigenvalue weighted by atomic mass is 10.1. The van der Waals surface area contributed by atoms with E-state index in [4.69, 9.17) is 15.3 Å². The van der Waals surface area contributed by atoms with Crippen molar-refractivity contribution in [2.75, 3.05) is 14.2 Å². The molecule has 4 amide bonds. The number of rotatable bonds is 13. The molecule has 12 nitrogen and oxygen atoms in total. The molecule has 0 aromatic heterocycles. The molecule has 0 bridgehead atoms. The molecule has 0 saturated carbocycles. The Morgan fingerprint density at radius 3 is 1.79 bits per heavy atom. The highest BCUT2D eigenvalue weighted by atomic mass is 16.5.